The summed E-state index contributed by atoms with van der Waals surface area (Å²) in [5.41, 5.74) is 5.58. The number of aliphatic hydroxyl groups is 1. The average molecular weight is 259 g/mol. The molecule has 0 aromatic heterocycles. The Morgan fingerprint density at radius 2 is 2.00 bits per heavy atom. The van der Waals surface area contributed by atoms with Crippen LogP contribution < -0.4 is 16.2 Å². The molecule has 0 aliphatic heterocycles. The molecular weight excluding hydrogens is 242 g/mol. The highest BCUT2D eigenvalue weighted by Gasteiger charge is 2.14. The molecule has 6 N–H and O–H groups in total. The van der Waals surface area contributed by atoms with Gasteiger partial charge in [-0.1, -0.05) is 0 Å². The van der Waals surface area contributed by atoms with E-state index in [1.807, 2.05) is 0 Å². The van der Waals surface area contributed by atoms with Gasteiger partial charge >= 0.3 is 0 Å². The minimum atomic E-state index is -3.75. The number of hydrogen-bond acceptors (Lipinski definition) is 5. The molecule has 17 heavy (non-hydrogen) atoms. The largest absolute Gasteiger partial charge is 0.397 e. The molecule has 0 amide bonds. The van der Waals surface area contributed by atoms with Crippen molar-refractivity contribution in [3.63, 3.8) is 0 Å². The molecule has 1 rings (SSSR count). The lowest BCUT2D eigenvalue weighted by atomic mass is 10.1. The number of anilines is 2. The number of hydrogen-bond donors (Lipinski definition) is 4. The summed E-state index contributed by atoms with van der Waals surface area (Å²) in [7, 11) is -3.75. The molecular formula is C10H17N3O3S. The summed E-state index contributed by atoms with van der Waals surface area (Å²) in [5.74, 6) is 0. The number of primary sulfonamides is 1. The van der Waals surface area contributed by atoms with E-state index in [1.54, 1.807) is 13.8 Å². The van der Waals surface area contributed by atoms with Crippen molar-refractivity contribution in [3.05, 3.63) is 18.2 Å². The lowest BCUT2D eigenvalue weighted by Gasteiger charge is -2.19. The quantitative estimate of drug-likeness (QED) is 0.572. The van der Waals surface area contributed by atoms with E-state index >= 15 is 0 Å². The Morgan fingerprint density at radius 1 is 1.41 bits per heavy atom. The normalized spacial score (nSPS) is 12.5. The molecule has 7 heteroatoms. The molecule has 1 aromatic carbocycles. The second-order valence-corrected chi connectivity index (χ2v) is 6.02. The zero-order chi connectivity index (χ0) is 13.3. The standard InChI is InChI=1S/C10H17N3O3S/c1-10(2,14)6-13-9-5-7(17(12,15)16)3-4-8(9)11/h3-5,13-14H,6,11H2,1-2H3,(H2,12,15,16). The first kappa shape index (κ1) is 13.8. The molecule has 0 unspecified atom stereocenters. The maximum Gasteiger partial charge on any atom is 0.238 e. The van der Waals surface area contributed by atoms with Crippen LogP contribution in [-0.2, 0) is 10.0 Å². The first-order valence-corrected chi connectivity index (χ1v) is 6.53. The first-order chi connectivity index (χ1) is 7.59. The van der Waals surface area contributed by atoms with Gasteiger partial charge in [-0.25, -0.2) is 13.6 Å². The van der Waals surface area contributed by atoms with Crippen LogP contribution in [0, 0.1) is 0 Å². The van der Waals surface area contributed by atoms with E-state index in [-0.39, 0.29) is 11.4 Å². The lowest BCUT2D eigenvalue weighted by molar-refractivity contribution is 0.0945. The van der Waals surface area contributed by atoms with Gasteiger partial charge in [0.25, 0.3) is 0 Å². The molecule has 0 spiro atoms. The van der Waals surface area contributed by atoms with Gasteiger partial charge in [0.05, 0.1) is 21.9 Å². The molecule has 0 saturated carbocycles. The van der Waals surface area contributed by atoms with E-state index in [1.165, 1.54) is 18.2 Å². The topological polar surface area (TPSA) is 118 Å². The summed E-state index contributed by atoms with van der Waals surface area (Å²) >= 11 is 0. The van der Waals surface area contributed by atoms with Crippen molar-refractivity contribution >= 4 is 21.4 Å². The Bertz CT molecular complexity index is 506. The van der Waals surface area contributed by atoms with E-state index in [0.717, 1.165) is 0 Å². The second-order valence-electron chi connectivity index (χ2n) is 4.46. The van der Waals surface area contributed by atoms with Gasteiger partial charge in [0, 0.05) is 6.54 Å². The number of nitrogens with one attached hydrogen (secondary N) is 1. The molecule has 0 heterocycles. The molecule has 0 saturated heterocycles. The van der Waals surface area contributed by atoms with Crippen molar-refractivity contribution in [1.82, 2.24) is 0 Å². The minimum Gasteiger partial charge on any atom is -0.397 e. The van der Waals surface area contributed by atoms with Gasteiger partial charge in [-0.05, 0) is 32.0 Å². The third-order valence-electron chi connectivity index (χ3n) is 2.06. The highest BCUT2D eigenvalue weighted by molar-refractivity contribution is 7.89. The molecule has 96 valence electrons. The fraction of sp³-hybridized carbons (Fsp3) is 0.400. The monoisotopic (exact) mass is 259 g/mol. The number of nitrogen functional groups attached to an aromatic ring is 1. The number of benzene rings is 1. The van der Waals surface area contributed by atoms with E-state index in [4.69, 9.17) is 10.9 Å². The zero-order valence-corrected chi connectivity index (χ0v) is 10.6. The van der Waals surface area contributed by atoms with Gasteiger partial charge < -0.3 is 16.2 Å². The average Bonchev–Trinajstić information content (AvgIpc) is 2.13. The minimum absolute atomic E-state index is 0.0232. The van der Waals surface area contributed by atoms with Crippen LogP contribution in [0.2, 0.25) is 0 Å². The van der Waals surface area contributed by atoms with Gasteiger partial charge in [-0.3, -0.25) is 0 Å². The first-order valence-electron chi connectivity index (χ1n) is 4.98. The maximum absolute atomic E-state index is 11.2. The molecule has 0 radical (unpaired) electrons. The van der Waals surface area contributed by atoms with Crippen LogP contribution in [0.4, 0.5) is 11.4 Å². The van der Waals surface area contributed by atoms with Gasteiger partial charge in [-0.2, -0.15) is 0 Å². The van der Waals surface area contributed by atoms with Crippen molar-refractivity contribution in [2.75, 3.05) is 17.6 Å². The predicted molar refractivity (Wildman–Crippen MR) is 67.0 cm³/mol. The Hall–Kier alpha value is -1.31. The highest BCUT2D eigenvalue weighted by Crippen LogP contribution is 2.22. The van der Waals surface area contributed by atoms with E-state index < -0.39 is 15.6 Å². The summed E-state index contributed by atoms with van der Waals surface area (Å²) in [5, 5.41) is 17.4. The predicted octanol–water partition coefficient (Wildman–Crippen LogP) is 0.0990. The summed E-state index contributed by atoms with van der Waals surface area (Å²) in [4.78, 5) is -0.0232. The van der Waals surface area contributed by atoms with Crippen molar-refractivity contribution in [2.24, 2.45) is 5.14 Å². The SMILES string of the molecule is CC(C)(O)CNc1cc(S(N)(=O)=O)ccc1N. The van der Waals surface area contributed by atoms with Gasteiger partial charge in [-0.15, -0.1) is 0 Å². The summed E-state index contributed by atoms with van der Waals surface area (Å²) < 4.78 is 22.3. The third kappa shape index (κ3) is 4.22. The molecule has 0 fully saturated rings. The van der Waals surface area contributed by atoms with E-state index in [2.05, 4.69) is 5.32 Å². The summed E-state index contributed by atoms with van der Waals surface area (Å²) in [6.45, 7) is 3.49. The Morgan fingerprint density at radius 3 is 2.47 bits per heavy atom. The molecule has 0 atom stereocenters. The van der Waals surface area contributed by atoms with Crippen molar-refractivity contribution < 1.29 is 13.5 Å². The molecule has 1 aromatic rings. The fourth-order valence-electron chi connectivity index (χ4n) is 1.18. The number of rotatable bonds is 4. The van der Waals surface area contributed by atoms with Crippen LogP contribution in [0.15, 0.2) is 23.1 Å². The second kappa shape index (κ2) is 4.52. The van der Waals surface area contributed by atoms with Gasteiger partial charge in [0.1, 0.15) is 0 Å². The zero-order valence-electron chi connectivity index (χ0n) is 9.77. The number of sulfonamides is 1. The summed E-state index contributed by atoms with van der Waals surface area (Å²) in [6.07, 6.45) is 0. The maximum atomic E-state index is 11.2. The third-order valence-corrected chi connectivity index (χ3v) is 2.98. The van der Waals surface area contributed by atoms with Crippen LogP contribution in [0.1, 0.15) is 13.8 Å². The Kier molecular flexibility index (Phi) is 3.65. The lowest BCUT2D eigenvalue weighted by Crippen LogP contribution is -2.29. The summed E-state index contributed by atoms with van der Waals surface area (Å²) in [6, 6.07) is 4.13. The van der Waals surface area contributed by atoms with Crippen molar-refractivity contribution in [1.29, 1.82) is 0 Å². The van der Waals surface area contributed by atoms with Crippen LogP contribution in [0.25, 0.3) is 0 Å². The molecule has 6 nitrogen and oxygen atoms in total. The van der Waals surface area contributed by atoms with Crippen LogP contribution in [0.5, 0.6) is 0 Å². The highest BCUT2D eigenvalue weighted by atomic mass is 32.2. The van der Waals surface area contributed by atoms with E-state index in [0.29, 0.717) is 11.4 Å². The van der Waals surface area contributed by atoms with Gasteiger partial charge in [0.15, 0.2) is 0 Å². The van der Waals surface area contributed by atoms with Gasteiger partial charge in [0.2, 0.25) is 10.0 Å². The van der Waals surface area contributed by atoms with Crippen LogP contribution >= 0.6 is 0 Å². The van der Waals surface area contributed by atoms with E-state index in [9.17, 15) is 13.5 Å². The fourth-order valence-corrected chi connectivity index (χ4v) is 1.72. The number of nitrogens with two attached hydrogens (primary N) is 2. The smallest absolute Gasteiger partial charge is 0.238 e. The molecule has 0 bridgehead atoms. The van der Waals surface area contributed by atoms with Crippen molar-refractivity contribution in [2.45, 2.75) is 24.3 Å². The Labute approximate surface area is 101 Å². The molecule has 0 aliphatic carbocycles. The van der Waals surface area contributed by atoms with Crippen molar-refractivity contribution in [3.8, 4) is 0 Å². The Balaban J connectivity index is 3.00. The van der Waals surface area contributed by atoms with Crippen LogP contribution in [-0.4, -0.2) is 25.7 Å². The molecule has 0 aliphatic rings. The van der Waals surface area contributed by atoms with Crippen LogP contribution in [0.3, 0.4) is 0 Å².